The Hall–Kier alpha value is -1.76. The number of nitrogens with zero attached hydrogens (tertiary/aromatic N) is 2. The van der Waals surface area contributed by atoms with Crippen LogP contribution < -0.4 is 0 Å². The highest BCUT2D eigenvalue weighted by Gasteiger charge is 2.24. The molecular formula is C10H12N2O2. The van der Waals surface area contributed by atoms with Crippen molar-refractivity contribution in [3.63, 3.8) is 0 Å². The van der Waals surface area contributed by atoms with Crippen LogP contribution in [0.25, 0.3) is 0 Å². The average Bonchev–Trinajstić information content (AvgIpc) is 2.70. The monoisotopic (exact) mass is 192 g/mol. The van der Waals surface area contributed by atoms with E-state index in [1.54, 1.807) is 6.92 Å². The Bertz CT molecular complexity index is 351. The third-order valence-corrected chi connectivity index (χ3v) is 2.01. The first kappa shape index (κ1) is 10.3. The van der Waals surface area contributed by atoms with Crippen molar-refractivity contribution in [3.05, 3.63) is 18.7 Å². The molecule has 1 rings (SSSR count). The van der Waals surface area contributed by atoms with Gasteiger partial charge in [-0.25, -0.2) is 14.3 Å². The van der Waals surface area contributed by atoms with Crippen LogP contribution in [0.3, 0.4) is 0 Å². The van der Waals surface area contributed by atoms with Crippen LogP contribution in [0.2, 0.25) is 0 Å². The minimum absolute atomic E-state index is 0.509. The molecule has 74 valence electrons. The molecule has 1 atom stereocenters. The van der Waals surface area contributed by atoms with Gasteiger partial charge in [-0.2, -0.15) is 0 Å². The Labute approximate surface area is 82.9 Å². The van der Waals surface area contributed by atoms with Crippen LogP contribution in [-0.2, 0) is 4.74 Å². The molecule has 1 aromatic heterocycles. The molecule has 0 N–H and O–H groups in total. The highest BCUT2D eigenvalue weighted by molar-refractivity contribution is 5.70. The Morgan fingerprint density at radius 3 is 2.93 bits per heavy atom. The van der Waals surface area contributed by atoms with Crippen molar-refractivity contribution in [2.24, 2.45) is 0 Å². The van der Waals surface area contributed by atoms with E-state index in [4.69, 9.17) is 11.2 Å². The Balaban J connectivity index is 2.71. The van der Waals surface area contributed by atoms with Gasteiger partial charge in [0.25, 0.3) is 0 Å². The van der Waals surface area contributed by atoms with E-state index in [2.05, 4.69) is 10.9 Å². The largest absolute Gasteiger partial charge is 0.429 e. The van der Waals surface area contributed by atoms with E-state index >= 15 is 0 Å². The SMILES string of the molecule is C#CC(C)(CC)OC(=O)n1ccnc1. The van der Waals surface area contributed by atoms with E-state index < -0.39 is 11.7 Å². The molecule has 4 heteroatoms. The van der Waals surface area contributed by atoms with E-state index in [-0.39, 0.29) is 0 Å². The fraction of sp³-hybridized carbons (Fsp3) is 0.400. The second kappa shape index (κ2) is 3.97. The van der Waals surface area contributed by atoms with Crippen LogP contribution >= 0.6 is 0 Å². The quantitative estimate of drug-likeness (QED) is 0.669. The molecule has 0 spiro atoms. The highest BCUT2D eigenvalue weighted by Crippen LogP contribution is 2.14. The van der Waals surface area contributed by atoms with Gasteiger partial charge < -0.3 is 4.74 Å². The highest BCUT2D eigenvalue weighted by atomic mass is 16.6. The molecule has 0 aliphatic carbocycles. The predicted molar refractivity (Wildman–Crippen MR) is 51.6 cm³/mol. The minimum atomic E-state index is -0.846. The van der Waals surface area contributed by atoms with Crippen molar-refractivity contribution in [2.45, 2.75) is 25.9 Å². The summed E-state index contributed by atoms with van der Waals surface area (Å²) in [6.07, 6.45) is 9.71. The number of hydrogen-bond acceptors (Lipinski definition) is 3. The normalized spacial score (nSPS) is 14.1. The summed E-state index contributed by atoms with van der Waals surface area (Å²) in [7, 11) is 0. The van der Waals surface area contributed by atoms with Gasteiger partial charge in [-0.05, 0) is 13.3 Å². The lowest BCUT2D eigenvalue weighted by Gasteiger charge is -2.21. The Kier molecular flexibility index (Phi) is 2.92. The third-order valence-electron chi connectivity index (χ3n) is 2.01. The Morgan fingerprint density at radius 1 is 1.79 bits per heavy atom. The number of imidazole rings is 1. The van der Waals surface area contributed by atoms with Gasteiger partial charge in [0.1, 0.15) is 6.33 Å². The van der Waals surface area contributed by atoms with Crippen molar-refractivity contribution >= 4 is 6.09 Å². The fourth-order valence-corrected chi connectivity index (χ4v) is 0.816. The summed E-state index contributed by atoms with van der Waals surface area (Å²) in [5.41, 5.74) is -0.846. The van der Waals surface area contributed by atoms with Gasteiger partial charge in [-0.1, -0.05) is 12.8 Å². The van der Waals surface area contributed by atoms with E-state index in [9.17, 15) is 4.79 Å². The van der Waals surface area contributed by atoms with Crippen LogP contribution in [0.15, 0.2) is 18.7 Å². The molecule has 0 aliphatic rings. The summed E-state index contributed by atoms with van der Waals surface area (Å²) < 4.78 is 6.37. The lowest BCUT2D eigenvalue weighted by molar-refractivity contribution is 0.0647. The lowest BCUT2D eigenvalue weighted by atomic mass is 10.1. The van der Waals surface area contributed by atoms with Crippen molar-refractivity contribution < 1.29 is 9.53 Å². The first-order valence-electron chi connectivity index (χ1n) is 4.30. The number of aromatic nitrogens is 2. The zero-order valence-electron chi connectivity index (χ0n) is 8.23. The first-order valence-corrected chi connectivity index (χ1v) is 4.30. The zero-order valence-corrected chi connectivity index (χ0v) is 8.23. The molecule has 0 saturated heterocycles. The molecule has 0 fully saturated rings. The molecule has 4 nitrogen and oxygen atoms in total. The van der Waals surface area contributed by atoms with Gasteiger partial charge in [0.15, 0.2) is 5.60 Å². The van der Waals surface area contributed by atoms with Crippen molar-refractivity contribution in [3.8, 4) is 12.3 Å². The Morgan fingerprint density at radius 2 is 2.50 bits per heavy atom. The molecule has 1 unspecified atom stereocenters. The summed E-state index contributed by atoms with van der Waals surface area (Å²) in [4.78, 5) is 15.2. The molecule has 1 aromatic rings. The molecule has 0 saturated carbocycles. The summed E-state index contributed by atoms with van der Waals surface area (Å²) in [6.45, 7) is 3.56. The van der Waals surface area contributed by atoms with Crippen LogP contribution in [0.4, 0.5) is 4.79 Å². The average molecular weight is 192 g/mol. The van der Waals surface area contributed by atoms with Gasteiger partial charge in [0.2, 0.25) is 0 Å². The fourth-order valence-electron chi connectivity index (χ4n) is 0.816. The number of hydrogen-bond donors (Lipinski definition) is 0. The third kappa shape index (κ3) is 2.13. The topological polar surface area (TPSA) is 44.1 Å². The van der Waals surface area contributed by atoms with Crippen LogP contribution in [0.5, 0.6) is 0 Å². The van der Waals surface area contributed by atoms with Gasteiger partial charge in [-0.3, -0.25) is 0 Å². The van der Waals surface area contributed by atoms with Gasteiger partial charge >= 0.3 is 6.09 Å². The van der Waals surface area contributed by atoms with Gasteiger partial charge in [0.05, 0.1) is 0 Å². The number of ether oxygens (including phenoxy) is 1. The maximum absolute atomic E-state index is 11.4. The molecule has 1 heterocycles. The smallest absolute Gasteiger partial charge is 0.420 e. The van der Waals surface area contributed by atoms with Crippen molar-refractivity contribution in [1.82, 2.24) is 9.55 Å². The van der Waals surface area contributed by atoms with Crippen LogP contribution in [-0.4, -0.2) is 21.2 Å². The summed E-state index contributed by atoms with van der Waals surface area (Å²) in [6, 6.07) is 0. The lowest BCUT2D eigenvalue weighted by Crippen LogP contribution is -2.30. The van der Waals surface area contributed by atoms with E-state index in [1.165, 1.54) is 23.3 Å². The molecule has 14 heavy (non-hydrogen) atoms. The summed E-state index contributed by atoms with van der Waals surface area (Å²) >= 11 is 0. The number of rotatable bonds is 2. The molecule has 0 aliphatic heterocycles. The molecule has 0 radical (unpaired) electrons. The zero-order chi connectivity index (χ0) is 10.6. The second-order valence-corrected chi connectivity index (χ2v) is 3.07. The number of terminal acetylenes is 1. The number of carbonyl (C=O) groups excluding carboxylic acids is 1. The summed E-state index contributed by atoms with van der Waals surface area (Å²) in [5, 5.41) is 0. The standard InChI is InChI=1S/C10H12N2O2/c1-4-10(3,5-2)14-9(13)12-7-6-11-8-12/h1,6-8H,5H2,2-3H3. The van der Waals surface area contributed by atoms with Crippen molar-refractivity contribution in [1.29, 1.82) is 0 Å². The summed E-state index contributed by atoms with van der Waals surface area (Å²) in [5.74, 6) is 2.44. The van der Waals surface area contributed by atoms with Gasteiger partial charge in [-0.15, -0.1) is 6.42 Å². The molecule has 0 amide bonds. The predicted octanol–water partition coefficient (Wildman–Crippen LogP) is 1.67. The molecular weight excluding hydrogens is 180 g/mol. The first-order chi connectivity index (χ1) is 6.61. The van der Waals surface area contributed by atoms with Crippen molar-refractivity contribution in [2.75, 3.05) is 0 Å². The van der Waals surface area contributed by atoms with Crippen LogP contribution in [0, 0.1) is 12.3 Å². The van der Waals surface area contributed by atoms with E-state index in [1.807, 2.05) is 6.92 Å². The van der Waals surface area contributed by atoms with E-state index in [0.29, 0.717) is 6.42 Å². The van der Waals surface area contributed by atoms with Crippen LogP contribution in [0.1, 0.15) is 20.3 Å². The maximum Gasteiger partial charge on any atom is 0.420 e. The number of carbonyl (C=O) groups is 1. The molecule has 0 bridgehead atoms. The minimum Gasteiger partial charge on any atom is -0.429 e. The van der Waals surface area contributed by atoms with Gasteiger partial charge in [0, 0.05) is 12.4 Å². The second-order valence-electron chi connectivity index (χ2n) is 3.07. The van der Waals surface area contributed by atoms with E-state index in [0.717, 1.165) is 0 Å². The molecule has 0 aromatic carbocycles. The maximum atomic E-state index is 11.4.